The van der Waals surface area contributed by atoms with Crippen molar-refractivity contribution in [2.24, 2.45) is 0 Å². The first-order chi connectivity index (χ1) is 11.8. The number of nitrogens with one attached hydrogen (secondary N) is 1. The molecule has 1 aromatic heterocycles. The van der Waals surface area contributed by atoms with Crippen molar-refractivity contribution in [3.63, 3.8) is 0 Å². The molecule has 0 aliphatic heterocycles. The maximum absolute atomic E-state index is 12.1. The monoisotopic (exact) mass is 354 g/mol. The van der Waals surface area contributed by atoms with E-state index >= 15 is 0 Å². The van der Waals surface area contributed by atoms with Crippen LogP contribution < -0.4 is 5.32 Å². The Bertz CT molecular complexity index is 457. The Morgan fingerprint density at radius 3 is 2.21 bits per heavy atom. The number of unbranched alkanes of at least 4 members (excludes halogenated alkanes) is 9. The molecule has 1 rings (SSSR count). The standard InChI is InChI=1S/C19H31FN2OS/c1-24-19-17(13-12-16-22-19)18(23)21-15-11-9-7-5-3-2-4-6-8-10-14-20/h12-13,16H,2-11,14-15H2,1H3,(H,21,23). The van der Waals surface area contributed by atoms with Crippen molar-refractivity contribution in [3.05, 3.63) is 23.9 Å². The third kappa shape index (κ3) is 9.26. The fraction of sp³-hybridized carbons (Fsp3) is 0.684. The Balaban J connectivity index is 1.97. The number of pyridine rings is 1. The zero-order chi connectivity index (χ0) is 17.5. The molecular formula is C19H31FN2OS. The second-order valence-corrected chi connectivity index (χ2v) is 6.84. The molecular weight excluding hydrogens is 323 g/mol. The normalized spacial score (nSPS) is 10.8. The molecule has 0 bridgehead atoms. The minimum atomic E-state index is -0.171. The zero-order valence-electron chi connectivity index (χ0n) is 14.9. The van der Waals surface area contributed by atoms with Crippen LogP contribution in [-0.2, 0) is 0 Å². The quantitative estimate of drug-likeness (QED) is 0.359. The van der Waals surface area contributed by atoms with Gasteiger partial charge in [-0.15, -0.1) is 11.8 Å². The van der Waals surface area contributed by atoms with Crippen LogP contribution in [0.15, 0.2) is 23.4 Å². The molecule has 0 aliphatic rings. The highest BCUT2D eigenvalue weighted by Crippen LogP contribution is 2.16. The summed E-state index contributed by atoms with van der Waals surface area (Å²) in [4.78, 5) is 16.3. The van der Waals surface area contributed by atoms with E-state index in [0.29, 0.717) is 5.56 Å². The summed E-state index contributed by atoms with van der Waals surface area (Å²) < 4.78 is 11.9. The van der Waals surface area contributed by atoms with Gasteiger partial charge in [-0.05, 0) is 31.2 Å². The van der Waals surface area contributed by atoms with Gasteiger partial charge in [0.2, 0.25) is 0 Å². The molecule has 1 N–H and O–H groups in total. The lowest BCUT2D eigenvalue weighted by molar-refractivity contribution is 0.0949. The van der Waals surface area contributed by atoms with Gasteiger partial charge < -0.3 is 5.32 Å². The van der Waals surface area contributed by atoms with Gasteiger partial charge in [-0.3, -0.25) is 9.18 Å². The summed E-state index contributed by atoms with van der Waals surface area (Å²) in [5.74, 6) is -0.0271. The van der Waals surface area contributed by atoms with Crippen molar-refractivity contribution in [1.82, 2.24) is 10.3 Å². The lowest BCUT2D eigenvalue weighted by Crippen LogP contribution is -2.25. The van der Waals surface area contributed by atoms with Crippen molar-refractivity contribution in [3.8, 4) is 0 Å². The minimum Gasteiger partial charge on any atom is -0.352 e. The Hall–Kier alpha value is -1.10. The predicted molar refractivity (Wildman–Crippen MR) is 100 cm³/mol. The number of aromatic nitrogens is 1. The summed E-state index contributed by atoms with van der Waals surface area (Å²) in [6.07, 6.45) is 15.0. The smallest absolute Gasteiger partial charge is 0.254 e. The molecule has 0 atom stereocenters. The van der Waals surface area contributed by atoms with Crippen LogP contribution in [-0.4, -0.2) is 30.4 Å². The fourth-order valence-corrected chi connectivity index (χ4v) is 3.20. The number of hydrogen-bond donors (Lipinski definition) is 1. The predicted octanol–water partition coefficient (Wildman–Crippen LogP) is 5.40. The van der Waals surface area contributed by atoms with E-state index < -0.39 is 0 Å². The number of thioether (sulfide) groups is 1. The van der Waals surface area contributed by atoms with Gasteiger partial charge in [-0.2, -0.15) is 0 Å². The van der Waals surface area contributed by atoms with Crippen molar-refractivity contribution in [1.29, 1.82) is 0 Å². The van der Waals surface area contributed by atoms with Gasteiger partial charge in [0.25, 0.3) is 5.91 Å². The number of alkyl halides is 1. The van der Waals surface area contributed by atoms with Gasteiger partial charge in [-0.25, -0.2) is 4.98 Å². The van der Waals surface area contributed by atoms with Crippen LogP contribution in [0.3, 0.4) is 0 Å². The fourth-order valence-electron chi connectivity index (χ4n) is 2.66. The molecule has 0 aliphatic carbocycles. The van der Waals surface area contributed by atoms with Gasteiger partial charge in [-0.1, -0.05) is 51.4 Å². The number of hydrogen-bond acceptors (Lipinski definition) is 3. The number of nitrogens with zero attached hydrogens (tertiary/aromatic N) is 1. The van der Waals surface area contributed by atoms with Crippen LogP contribution in [0, 0.1) is 0 Å². The first-order valence-corrected chi connectivity index (χ1v) is 10.3. The van der Waals surface area contributed by atoms with E-state index in [4.69, 9.17) is 0 Å². The number of halogens is 1. The molecule has 3 nitrogen and oxygen atoms in total. The summed E-state index contributed by atoms with van der Waals surface area (Å²) in [5, 5.41) is 3.76. The summed E-state index contributed by atoms with van der Waals surface area (Å²) >= 11 is 1.49. The van der Waals surface area contributed by atoms with Gasteiger partial charge in [0.15, 0.2) is 0 Å². The molecule has 0 spiro atoms. The molecule has 1 heterocycles. The van der Waals surface area contributed by atoms with E-state index in [1.807, 2.05) is 12.3 Å². The second-order valence-electron chi connectivity index (χ2n) is 6.04. The highest BCUT2D eigenvalue weighted by Gasteiger charge is 2.10. The highest BCUT2D eigenvalue weighted by molar-refractivity contribution is 7.98. The first-order valence-electron chi connectivity index (χ1n) is 9.12. The Kier molecular flexibility index (Phi) is 12.4. The van der Waals surface area contributed by atoms with Gasteiger partial charge >= 0.3 is 0 Å². The largest absolute Gasteiger partial charge is 0.352 e. The van der Waals surface area contributed by atoms with Gasteiger partial charge in [0, 0.05) is 12.7 Å². The SMILES string of the molecule is CSc1ncccc1C(=O)NCCCCCCCCCCCCF. The van der Waals surface area contributed by atoms with E-state index in [-0.39, 0.29) is 12.6 Å². The molecule has 0 aromatic carbocycles. The van der Waals surface area contributed by atoms with Crippen LogP contribution in [0.4, 0.5) is 4.39 Å². The minimum absolute atomic E-state index is 0.0271. The lowest BCUT2D eigenvalue weighted by Gasteiger charge is -2.07. The Labute approximate surface area is 150 Å². The maximum Gasteiger partial charge on any atom is 0.254 e. The van der Waals surface area contributed by atoms with E-state index in [0.717, 1.165) is 37.3 Å². The molecule has 5 heteroatoms. The molecule has 0 saturated heterocycles. The molecule has 0 unspecified atom stereocenters. The molecule has 0 saturated carbocycles. The number of carbonyl (C=O) groups is 1. The van der Waals surface area contributed by atoms with Crippen molar-refractivity contribution < 1.29 is 9.18 Å². The second kappa shape index (κ2) is 14.3. The van der Waals surface area contributed by atoms with E-state index in [1.54, 1.807) is 12.3 Å². The zero-order valence-corrected chi connectivity index (χ0v) is 15.7. The summed E-state index contributed by atoms with van der Waals surface area (Å²) in [7, 11) is 0. The van der Waals surface area contributed by atoms with Crippen LogP contribution in [0.25, 0.3) is 0 Å². The third-order valence-corrected chi connectivity index (χ3v) is 4.77. The summed E-state index contributed by atoms with van der Waals surface area (Å²) in [6.45, 7) is 0.556. The van der Waals surface area contributed by atoms with Gasteiger partial charge in [0.1, 0.15) is 5.03 Å². The average molecular weight is 355 g/mol. The maximum atomic E-state index is 12.1. The van der Waals surface area contributed by atoms with E-state index in [9.17, 15) is 9.18 Å². The number of carbonyl (C=O) groups excluding carboxylic acids is 1. The molecule has 136 valence electrons. The number of amides is 1. The summed E-state index contributed by atoms with van der Waals surface area (Å²) in [5.41, 5.74) is 0.665. The third-order valence-electron chi connectivity index (χ3n) is 4.06. The van der Waals surface area contributed by atoms with Crippen LogP contribution in [0.1, 0.15) is 74.6 Å². The Morgan fingerprint density at radius 2 is 1.62 bits per heavy atom. The molecule has 0 fully saturated rings. The molecule has 1 aromatic rings. The highest BCUT2D eigenvalue weighted by atomic mass is 32.2. The van der Waals surface area contributed by atoms with Crippen LogP contribution in [0.2, 0.25) is 0 Å². The van der Waals surface area contributed by atoms with Gasteiger partial charge in [0.05, 0.1) is 12.2 Å². The molecule has 1 amide bonds. The van der Waals surface area contributed by atoms with Crippen molar-refractivity contribution in [2.45, 2.75) is 69.2 Å². The number of rotatable bonds is 14. The van der Waals surface area contributed by atoms with E-state index in [1.165, 1.54) is 50.3 Å². The van der Waals surface area contributed by atoms with Crippen molar-refractivity contribution >= 4 is 17.7 Å². The topological polar surface area (TPSA) is 42.0 Å². The molecule has 0 radical (unpaired) electrons. The summed E-state index contributed by atoms with van der Waals surface area (Å²) in [6, 6.07) is 3.62. The van der Waals surface area contributed by atoms with Crippen molar-refractivity contribution in [2.75, 3.05) is 19.5 Å². The lowest BCUT2D eigenvalue weighted by atomic mass is 10.1. The van der Waals surface area contributed by atoms with Crippen LogP contribution >= 0.6 is 11.8 Å². The average Bonchev–Trinajstić information content (AvgIpc) is 2.62. The molecule has 24 heavy (non-hydrogen) atoms. The first kappa shape index (κ1) is 20.9. The van der Waals surface area contributed by atoms with Crippen LogP contribution in [0.5, 0.6) is 0 Å². The van der Waals surface area contributed by atoms with E-state index in [2.05, 4.69) is 10.3 Å². The Morgan fingerprint density at radius 1 is 1.04 bits per heavy atom.